The zero-order chi connectivity index (χ0) is 14.0. The monoisotopic (exact) mass is 337 g/mol. The van der Waals surface area contributed by atoms with Gasteiger partial charge in [-0.1, -0.05) is 35.2 Å². The summed E-state index contributed by atoms with van der Waals surface area (Å²) in [7, 11) is 2.08. The second-order valence-corrected chi connectivity index (χ2v) is 7.34. The molecule has 1 N–H and O–H groups in total. The summed E-state index contributed by atoms with van der Waals surface area (Å²) in [6.45, 7) is 1.96. The Kier molecular flexibility index (Phi) is 4.37. The molecule has 0 aromatic heterocycles. The average molecular weight is 338 g/mol. The first-order valence-electron chi connectivity index (χ1n) is 7.81. The number of hydrogen-bond donors (Lipinski definition) is 1. The quantitative estimate of drug-likeness (QED) is 0.893. The lowest BCUT2D eigenvalue weighted by Crippen LogP contribution is -2.36. The Morgan fingerprint density at radius 1 is 1.25 bits per heavy atom. The fourth-order valence-corrected chi connectivity index (χ4v) is 4.53. The topological polar surface area (TPSA) is 21.3 Å². The van der Waals surface area contributed by atoms with Gasteiger partial charge in [-0.3, -0.25) is 0 Å². The van der Waals surface area contributed by atoms with Gasteiger partial charge < -0.3 is 10.1 Å². The molecular formula is C17H24BrNO. The Labute approximate surface area is 130 Å². The van der Waals surface area contributed by atoms with E-state index in [1.54, 1.807) is 0 Å². The van der Waals surface area contributed by atoms with Crippen LogP contribution < -0.4 is 10.1 Å². The van der Waals surface area contributed by atoms with E-state index < -0.39 is 0 Å². The van der Waals surface area contributed by atoms with Gasteiger partial charge in [0, 0.05) is 17.4 Å². The maximum atomic E-state index is 5.91. The number of halogens is 1. The summed E-state index contributed by atoms with van der Waals surface area (Å²) in [6, 6.07) is 4.49. The van der Waals surface area contributed by atoms with Crippen molar-refractivity contribution in [2.45, 2.75) is 44.9 Å². The molecule has 0 radical (unpaired) electrons. The maximum absolute atomic E-state index is 5.91. The number of fused-ring (bicyclic) bond motifs is 1. The first-order chi connectivity index (χ1) is 9.72. The van der Waals surface area contributed by atoms with E-state index in [2.05, 4.69) is 40.4 Å². The highest BCUT2D eigenvalue weighted by atomic mass is 79.9. The molecule has 0 atom stereocenters. The van der Waals surface area contributed by atoms with Crippen molar-refractivity contribution in [1.82, 2.24) is 5.32 Å². The van der Waals surface area contributed by atoms with Crippen molar-refractivity contribution in [3.8, 4) is 5.75 Å². The van der Waals surface area contributed by atoms with Crippen LogP contribution in [0, 0.1) is 5.41 Å². The molecule has 0 amide bonds. The number of hydrogen-bond acceptors (Lipinski definition) is 2. The highest BCUT2D eigenvalue weighted by Gasteiger charge is 2.33. The molecule has 1 aromatic rings. The zero-order valence-electron chi connectivity index (χ0n) is 12.3. The summed E-state index contributed by atoms with van der Waals surface area (Å²) in [5.41, 5.74) is 3.21. The minimum absolute atomic E-state index is 0.424. The summed E-state index contributed by atoms with van der Waals surface area (Å²) in [5.74, 6) is 1.18. The normalized spacial score (nSPS) is 20.5. The Balaban J connectivity index is 1.89. The van der Waals surface area contributed by atoms with Crippen molar-refractivity contribution in [3.05, 3.63) is 27.7 Å². The van der Waals surface area contributed by atoms with Crippen LogP contribution in [0.3, 0.4) is 0 Å². The van der Waals surface area contributed by atoms with E-state index in [1.807, 2.05) is 0 Å². The lowest BCUT2D eigenvalue weighted by atomic mass is 9.70. The van der Waals surface area contributed by atoms with Crippen LogP contribution in [-0.4, -0.2) is 20.2 Å². The molecule has 1 saturated carbocycles. The number of ether oxygens (including phenoxy) is 1. The molecule has 1 heterocycles. The molecule has 1 aliphatic carbocycles. The van der Waals surface area contributed by atoms with E-state index in [0.29, 0.717) is 5.41 Å². The molecule has 0 spiro atoms. The van der Waals surface area contributed by atoms with Crippen molar-refractivity contribution in [1.29, 1.82) is 0 Å². The Hall–Kier alpha value is -0.540. The summed E-state index contributed by atoms with van der Waals surface area (Å²) >= 11 is 3.67. The van der Waals surface area contributed by atoms with Gasteiger partial charge in [0.15, 0.2) is 0 Å². The standard InChI is InChI=1S/C17H24BrNO/c1-19-12-17(6-3-2-4-7-17)11-14-10-15(18)9-13-5-8-20-16(13)14/h9-10,19H,2-8,11-12H2,1H3. The van der Waals surface area contributed by atoms with E-state index in [9.17, 15) is 0 Å². The molecule has 0 bridgehead atoms. The van der Waals surface area contributed by atoms with Crippen molar-refractivity contribution in [2.24, 2.45) is 5.41 Å². The molecule has 1 fully saturated rings. The van der Waals surface area contributed by atoms with Gasteiger partial charge in [-0.05, 0) is 55.0 Å². The molecule has 1 aliphatic heterocycles. The second kappa shape index (κ2) is 6.07. The van der Waals surface area contributed by atoms with Crippen LogP contribution in [0.15, 0.2) is 16.6 Å². The summed E-state index contributed by atoms with van der Waals surface area (Å²) in [5, 5.41) is 3.43. The first kappa shape index (κ1) is 14.4. The molecule has 3 heteroatoms. The molecule has 2 aliphatic rings. The van der Waals surface area contributed by atoms with E-state index in [0.717, 1.165) is 26.0 Å². The van der Waals surface area contributed by atoms with E-state index >= 15 is 0 Å². The van der Waals surface area contributed by atoms with Crippen molar-refractivity contribution in [2.75, 3.05) is 20.2 Å². The van der Waals surface area contributed by atoms with Gasteiger partial charge in [0.25, 0.3) is 0 Å². The molecule has 1 aromatic carbocycles. The van der Waals surface area contributed by atoms with Crippen molar-refractivity contribution in [3.63, 3.8) is 0 Å². The Morgan fingerprint density at radius 3 is 2.80 bits per heavy atom. The SMILES string of the molecule is CNCC1(Cc2cc(Br)cc3c2OCC3)CCCCC1. The van der Waals surface area contributed by atoms with Crippen molar-refractivity contribution >= 4 is 15.9 Å². The Morgan fingerprint density at radius 2 is 2.05 bits per heavy atom. The largest absolute Gasteiger partial charge is 0.493 e. The molecule has 110 valence electrons. The molecule has 0 unspecified atom stereocenters. The van der Waals surface area contributed by atoms with Crippen LogP contribution in [0.4, 0.5) is 0 Å². The van der Waals surface area contributed by atoms with Crippen LogP contribution in [0.2, 0.25) is 0 Å². The molecule has 3 rings (SSSR count). The van der Waals surface area contributed by atoms with Crippen LogP contribution in [-0.2, 0) is 12.8 Å². The lowest BCUT2D eigenvalue weighted by Gasteiger charge is -2.38. The van der Waals surface area contributed by atoms with Crippen LogP contribution in [0.1, 0.15) is 43.2 Å². The molecule has 2 nitrogen and oxygen atoms in total. The minimum atomic E-state index is 0.424. The van der Waals surface area contributed by atoms with E-state index in [1.165, 1.54) is 53.5 Å². The molecule has 0 saturated heterocycles. The highest BCUT2D eigenvalue weighted by molar-refractivity contribution is 9.10. The predicted molar refractivity (Wildman–Crippen MR) is 86.5 cm³/mol. The number of rotatable bonds is 4. The first-order valence-corrected chi connectivity index (χ1v) is 8.60. The zero-order valence-corrected chi connectivity index (χ0v) is 13.9. The van der Waals surface area contributed by atoms with Gasteiger partial charge in [-0.2, -0.15) is 0 Å². The second-order valence-electron chi connectivity index (χ2n) is 6.42. The highest BCUT2D eigenvalue weighted by Crippen LogP contribution is 2.43. The molecular weight excluding hydrogens is 314 g/mol. The predicted octanol–water partition coefficient (Wildman–Crippen LogP) is 4.10. The minimum Gasteiger partial charge on any atom is -0.493 e. The van der Waals surface area contributed by atoms with E-state index in [4.69, 9.17) is 4.74 Å². The number of nitrogens with one attached hydrogen (secondary N) is 1. The van der Waals surface area contributed by atoms with Gasteiger partial charge in [0.2, 0.25) is 0 Å². The van der Waals surface area contributed by atoms with Gasteiger partial charge in [-0.25, -0.2) is 0 Å². The van der Waals surface area contributed by atoms with Gasteiger partial charge in [-0.15, -0.1) is 0 Å². The van der Waals surface area contributed by atoms with Crippen LogP contribution in [0.5, 0.6) is 5.75 Å². The third-order valence-corrected chi connectivity index (χ3v) is 5.31. The Bertz CT molecular complexity index is 475. The smallest absolute Gasteiger partial charge is 0.125 e. The van der Waals surface area contributed by atoms with Crippen LogP contribution >= 0.6 is 15.9 Å². The number of benzene rings is 1. The van der Waals surface area contributed by atoms with Gasteiger partial charge in [0.1, 0.15) is 5.75 Å². The van der Waals surface area contributed by atoms with Crippen molar-refractivity contribution < 1.29 is 4.74 Å². The third-order valence-electron chi connectivity index (χ3n) is 4.86. The van der Waals surface area contributed by atoms with E-state index in [-0.39, 0.29) is 0 Å². The van der Waals surface area contributed by atoms with Gasteiger partial charge in [0.05, 0.1) is 6.61 Å². The lowest BCUT2D eigenvalue weighted by molar-refractivity contribution is 0.183. The maximum Gasteiger partial charge on any atom is 0.125 e. The fourth-order valence-electron chi connectivity index (χ4n) is 3.97. The third kappa shape index (κ3) is 2.89. The summed E-state index contributed by atoms with van der Waals surface area (Å²) in [6.07, 6.45) is 9.04. The summed E-state index contributed by atoms with van der Waals surface area (Å²) < 4.78 is 7.11. The van der Waals surface area contributed by atoms with Gasteiger partial charge >= 0.3 is 0 Å². The fraction of sp³-hybridized carbons (Fsp3) is 0.647. The summed E-state index contributed by atoms with van der Waals surface area (Å²) in [4.78, 5) is 0. The average Bonchev–Trinajstić information content (AvgIpc) is 2.88. The van der Waals surface area contributed by atoms with Crippen LogP contribution in [0.25, 0.3) is 0 Å². The molecule has 20 heavy (non-hydrogen) atoms.